The van der Waals surface area contributed by atoms with Crippen molar-refractivity contribution in [3.63, 3.8) is 0 Å². The first-order valence-corrected chi connectivity index (χ1v) is 9.39. The fraction of sp³-hybridized carbons (Fsp3) is 0.190. The molecule has 10 heteroatoms. The lowest BCUT2D eigenvalue weighted by Gasteiger charge is -2.41. The number of carbonyl (C=O) groups excluding carboxylic acids is 1. The van der Waals surface area contributed by atoms with Gasteiger partial charge in [-0.25, -0.2) is 13.9 Å². The smallest absolute Gasteiger partial charge is 0.353 e. The largest absolute Gasteiger partial charge is 0.497 e. The second-order valence-corrected chi connectivity index (χ2v) is 7.24. The molecule has 31 heavy (non-hydrogen) atoms. The predicted octanol–water partition coefficient (Wildman–Crippen LogP) is 2.00. The number of hydrogen-bond acceptors (Lipinski definition) is 6. The molecule has 1 atom stereocenters. The fourth-order valence-electron chi connectivity index (χ4n) is 4.17. The quantitative estimate of drug-likeness (QED) is 0.687. The van der Waals surface area contributed by atoms with Crippen LogP contribution in [0.2, 0.25) is 0 Å². The number of carboxylic acids is 1. The number of aromatic nitrogens is 3. The second-order valence-electron chi connectivity index (χ2n) is 7.24. The van der Waals surface area contributed by atoms with Crippen LogP contribution in [0.4, 0.5) is 10.1 Å². The Hall–Kier alpha value is -4.08. The highest BCUT2D eigenvalue weighted by Gasteiger charge is 2.58. The van der Waals surface area contributed by atoms with Crippen LogP contribution in [-0.4, -0.2) is 38.9 Å². The minimum atomic E-state index is -1.95. The maximum atomic E-state index is 14.0. The summed E-state index contributed by atoms with van der Waals surface area (Å²) in [5.41, 5.74) is -1.98. The van der Waals surface area contributed by atoms with Gasteiger partial charge < -0.3 is 9.84 Å². The van der Waals surface area contributed by atoms with E-state index >= 15 is 0 Å². The highest BCUT2D eigenvalue weighted by molar-refractivity contribution is 6.07. The Labute approximate surface area is 174 Å². The van der Waals surface area contributed by atoms with Crippen LogP contribution in [0.5, 0.6) is 5.75 Å². The molecule has 0 saturated carbocycles. The van der Waals surface area contributed by atoms with E-state index in [4.69, 9.17) is 4.74 Å². The summed E-state index contributed by atoms with van der Waals surface area (Å²) >= 11 is 0. The summed E-state index contributed by atoms with van der Waals surface area (Å²) < 4.78 is 20.2. The zero-order valence-corrected chi connectivity index (χ0v) is 16.2. The number of nitrogens with zero attached hydrogens (tertiary/aromatic N) is 4. The number of amides is 1. The van der Waals surface area contributed by atoms with Gasteiger partial charge in [0.25, 0.3) is 5.56 Å². The van der Waals surface area contributed by atoms with Gasteiger partial charge in [-0.3, -0.25) is 14.5 Å². The molecule has 0 bridgehead atoms. The third-order valence-corrected chi connectivity index (χ3v) is 5.62. The third kappa shape index (κ3) is 2.51. The Morgan fingerprint density at radius 2 is 1.94 bits per heavy atom. The number of hydrogen-bond donors (Lipinski definition) is 1. The summed E-state index contributed by atoms with van der Waals surface area (Å²) in [6, 6.07) is 10.1. The first-order valence-electron chi connectivity index (χ1n) is 9.39. The minimum Gasteiger partial charge on any atom is -0.497 e. The average Bonchev–Trinajstić information content (AvgIpc) is 3.12. The second kappa shape index (κ2) is 6.46. The number of carboxylic acid groups (broad SMARTS) is 1. The SMILES string of the molecule is COc1ccc(-c2nn3c(nc2=O)-c2ccc(F)cc2N2C(=O)CC[C@]23C(=O)O)cc1. The van der Waals surface area contributed by atoms with Crippen molar-refractivity contribution in [2.24, 2.45) is 0 Å². The molecule has 3 aromatic rings. The number of ether oxygens (including phenoxy) is 1. The van der Waals surface area contributed by atoms with Crippen molar-refractivity contribution in [1.82, 2.24) is 14.8 Å². The molecule has 156 valence electrons. The van der Waals surface area contributed by atoms with Gasteiger partial charge in [0.05, 0.1) is 12.8 Å². The summed E-state index contributed by atoms with van der Waals surface area (Å²) in [6.45, 7) is 0. The van der Waals surface area contributed by atoms with Gasteiger partial charge in [0, 0.05) is 24.0 Å². The zero-order valence-electron chi connectivity index (χ0n) is 16.2. The lowest BCUT2D eigenvalue weighted by Crippen LogP contribution is -2.58. The molecule has 3 heterocycles. The van der Waals surface area contributed by atoms with Gasteiger partial charge >= 0.3 is 5.97 Å². The minimum absolute atomic E-state index is 0.0365. The zero-order chi connectivity index (χ0) is 21.9. The number of fused-ring (bicyclic) bond motifs is 6. The van der Waals surface area contributed by atoms with Crippen molar-refractivity contribution in [3.05, 3.63) is 58.6 Å². The Bertz CT molecular complexity index is 1320. The van der Waals surface area contributed by atoms with Crippen molar-refractivity contribution in [2.75, 3.05) is 12.0 Å². The lowest BCUT2D eigenvalue weighted by atomic mass is 10.00. The van der Waals surface area contributed by atoms with E-state index in [2.05, 4.69) is 10.1 Å². The number of anilines is 1. The molecule has 0 aliphatic carbocycles. The van der Waals surface area contributed by atoms with Crippen molar-refractivity contribution in [3.8, 4) is 28.4 Å². The van der Waals surface area contributed by atoms with Crippen LogP contribution in [0.3, 0.4) is 0 Å². The number of methoxy groups -OCH3 is 1. The molecule has 1 amide bonds. The summed E-state index contributed by atoms with van der Waals surface area (Å²) in [5, 5.41) is 14.5. The maximum absolute atomic E-state index is 14.0. The van der Waals surface area contributed by atoms with Crippen LogP contribution >= 0.6 is 0 Å². The lowest BCUT2D eigenvalue weighted by molar-refractivity contribution is -0.148. The molecule has 2 aromatic carbocycles. The molecule has 5 rings (SSSR count). The number of halogens is 1. The highest BCUT2D eigenvalue weighted by atomic mass is 19.1. The molecule has 0 unspecified atom stereocenters. The van der Waals surface area contributed by atoms with Gasteiger partial charge in [0.15, 0.2) is 11.5 Å². The van der Waals surface area contributed by atoms with Crippen LogP contribution in [-0.2, 0) is 15.3 Å². The van der Waals surface area contributed by atoms with Crippen LogP contribution < -0.4 is 15.2 Å². The maximum Gasteiger partial charge on any atom is 0.353 e. The highest BCUT2D eigenvalue weighted by Crippen LogP contribution is 2.48. The van der Waals surface area contributed by atoms with Gasteiger partial charge in [-0.1, -0.05) is 0 Å². The van der Waals surface area contributed by atoms with Gasteiger partial charge in [0.2, 0.25) is 11.6 Å². The number of benzene rings is 2. The number of aliphatic carboxylic acids is 1. The van der Waals surface area contributed by atoms with Crippen LogP contribution in [0.1, 0.15) is 12.8 Å². The number of carbonyl (C=O) groups is 2. The molecule has 0 radical (unpaired) electrons. The Morgan fingerprint density at radius 1 is 1.19 bits per heavy atom. The summed E-state index contributed by atoms with van der Waals surface area (Å²) in [6.07, 6.45) is -0.183. The molecule has 9 nitrogen and oxygen atoms in total. The van der Waals surface area contributed by atoms with Crippen molar-refractivity contribution < 1.29 is 23.8 Å². The van der Waals surface area contributed by atoms with E-state index in [0.717, 1.165) is 21.7 Å². The van der Waals surface area contributed by atoms with Gasteiger partial charge in [-0.2, -0.15) is 10.1 Å². The van der Waals surface area contributed by atoms with Crippen molar-refractivity contribution in [1.29, 1.82) is 0 Å². The fourth-order valence-corrected chi connectivity index (χ4v) is 4.17. The van der Waals surface area contributed by atoms with Gasteiger partial charge in [-0.05, 0) is 42.5 Å². The standard InChI is InChI=1S/C21H15FN4O5/c1-31-13-5-2-11(3-6-13)17-19(28)23-18-14-7-4-12(22)10-15(14)25-16(27)8-9-21(25,20(29)30)26(18)24-17/h2-7,10H,8-9H2,1H3,(H,29,30)/t21-/m0/s1. The van der Waals surface area contributed by atoms with Crippen molar-refractivity contribution >= 4 is 17.6 Å². The molecule has 2 aliphatic heterocycles. The molecule has 1 fully saturated rings. The van der Waals surface area contributed by atoms with Crippen molar-refractivity contribution in [2.45, 2.75) is 18.5 Å². The van der Waals surface area contributed by atoms with E-state index in [-0.39, 0.29) is 35.6 Å². The van der Waals surface area contributed by atoms with E-state index in [1.807, 2.05) is 0 Å². The van der Waals surface area contributed by atoms with Crippen LogP contribution in [0.25, 0.3) is 22.6 Å². The van der Waals surface area contributed by atoms with Crippen LogP contribution in [0.15, 0.2) is 47.3 Å². The van der Waals surface area contributed by atoms with E-state index in [9.17, 15) is 23.9 Å². The summed E-state index contributed by atoms with van der Waals surface area (Å²) in [5.74, 6) is -1.94. The third-order valence-electron chi connectivity index (χ3n) is 5.62. The van der Waals surface area contributed by atoms with Gasteiger partial charge in [-0.15, -0.1) is 0 Å². The summed E-state index contributed by atoms with van der Waals surface area (Å²) in [7, 11) is 1.51. The average molecular weight is 422 g/mol. The predicted molar refractivity (Wildman–Crippen MR) is 106 cm³/mol. The normalized spacial score (nSPS) is 18.9. The topological polar surface area (TPSA) is 115 Å². The molecule has 1 aromatic heterocycles. The first-order chi connectivity index (χ1) is 14.9. The van der Waals surface area contributed by atoms with Crippen LogP contribution in [0, 0.1) is 5.82 Å². The Balaban J connectivity index is 1.83. The Kier molecular flexibility index (Phi) is 3.94. The van der Waals surface area contributed by atoms with Gasteiger partial charge in [0.1, 0.15) is 11.6 Å². The van der Waals surface area contributed by atoms with E-state index in [1.54, 1.807) is 24.3 Å². The molecular weight excluding hydrogens is 407 g/mol. The van der Waals surface area contributed by atoms with E-state index in [0.29, 0.717) is 11.3 Å². The first kappa shape index (κ1) is 18.9. The summed E-state index contributed by atoms with van der Waals surface area (Å²) in [4.78, 5) is 43.2. The molecule has 1 saturated heterocycles. The molecule has 0 spiro atoms. The molecule has 2 aliphatic rings. The van der Waals surface area contributed by atoms with E-state index in [1.165, 1.54) is 13.2 Å². The Morgan fingerprint density at radius 3 is 2.61 bits per heavy atom. The molecular formula is C21H15FN4O5. The van der Waals surface area contributed by atoms with E-state index < -0.39 is 28.9 Å². The number of rotatable bonds is 3. The molecule has 1 N–H and O–H groups in total. The monoisotopic (exact) mass is 422 g/mol.